The Hall–Kier alpha value is -1.36. The van der Waals surface area contributed by atoms with Gasteiger partial charge in [-0.15, -0.1) is 0 Å². The minimum absolute atomic E-state index is 0.0309. The second-order valence-corrected chi connectivity index (χ2v) is 7.02. The SMILES string of the molecule is CC(CC(=O)NCCC(C)S(C)=O)c1ccc(N)cc1. The lowest BCUT2D eigenvalue weighted by molar-refractivity contribution is -0.121. The molecule has 0 saturated heterocycles. The second kappa shape index (κ2) is 8.04. The Morgan fingerprint density at radius 1 is 1.30 bits per heavy atom. The lowest BCUT2D eigenvalue weighted by Crippen LogP contribution is -2.28. The molecule has 5 heteroatoms. The molecule has 0 radical (unpaired) electrons. The topological polar surface area (TPSA) is 72.2 Å². The molecule has 1 amide bonds. The minimum Gasteiger partial charge on any atom is -0.399 e. The minimum atomic E-state index is -0.831. The maximum absolute atomic E-state index is 11.8. The van der Waals surface area contributed by atoms with E-state index >= 15 is 0 Å². The van der Waals surface area contributed by atoms with E-state index in [9.17, 15) is 9.00 Å². The fourth-order valence-corrected chi connectivity index (χ4v) is 2.32. The van der Waals surface area contributed by atoms with Crippen molar-refractivity contribution in [3.63, 3.8) is 0 Å². The summed E-state index contributed by atoms with van der Waals surface area (Å²) in [6.07, 6.45) is 2.88. The van der Waals surface area contributed by atoms with Crippen LogP contribution in [0.25, 0.3) is 0 Å². The van der Waals surface area contributed by atoms with Crippen molar-refractivity contribution in [3.8, 4) is 0 Å². The van der Waals surface area contributed by atoms with Crippen molar-refractivity contribution >= 4 is 22.4 Å². The number of anilines is 1. The number of nitrogens with two attached hydrogens (primary N) is 1. The highest BCUT2D eigenvalue weighted by molar-refractivity contribution is 7.84. The summed E-state index contributed by atoms with van der Waals surface area (Å²) in [5, 5.41) is 3.00. The van der Waals surface area contributed by atoms with Crippen LogP contribution < -0.4 is 11.1 Å². The summed E-state index contributed by atoms with van der Waals surface area (Å²) in [5.41, 5.74) is 7.48. The van der Waals surface area contributed by atoms with Gasteiger partial charge in [-0.25, -0.2) is 0 Å². The van der Waals surface area contributed by atoms with E-state index in [0.717, 1.165) is 17.7 Å². The van der Waals surface area contributed by atoms with E-state index in [1.807, 2.05) is 38.1 Å². The predicted molar refractivity (Wildman–Crippen MR) is 85.0 cm³/mol. The molecular weight excluding hydrogens is 272 g/mol. The van der Waals surface area contributed by atoms with Crippen LogP contribution in [0.2, 0.25) is 0 Å². The third kappa shape index (κ3) is 5.74. The van der Waals surface area contributed by atoms with Gasteiger partial charge >= 0.3 is 0 Å². The first-order valence-corrected chi connectivity index (χ1v) is 8.46. The zero-order chi connectivity index (χ0) is 15.1. The molecule has 0 spiro atoms. The van der Waals surface area contributed by atoms with Crippen LogP contribution in [0, 0.1) is 0 Å². The normalized spacial score (nSPS) is 15.3. The van der Waals surface area contributed by atoms with Crippen molar-refractivity contribution in [1.82, 2.24) is 5.32 Å². The quantitative estimate of drug-likeness (QED) is 0.756. The maximum atomic E-state index is 11.8. The highest BCUT2D eigenvalue weighted by atomic mass is 32.2. The van der Waals surface area contributed by atoms with Crippen LogP contribution in [-0.4, -0.2) is 28.2 Å². The largest absolute Gasteiger partial charge is 0.399 e. The fraction of sp³-hybridized carbons (Fsp3) is 0.533. The van der Waals surface area contributed by atoms with Gasteiger partial charge in [-0.3, -0.25) is 9.00 Å². The predicted octanol–water partition coefficient (Wildman–Crippen LogP) is 2.04. The Morgan fingerprint density at radius 3 is 2.45 bits per heavy atom. The Morgan fingerprint density at radius 2 is 1.90 bits per heavy atom. The summed E-state index contributed by atoms with van der Waals surface area (Å²) < 4.78 is 11.2. The molecule has 0 heterocycles. The summed E-state index contributed by atoms with van der Waals surface area (Å²) in [6, 6.07) is 7.61. The summed E-state index contributed by atoms with van der Waals surface area (Å²) >= 11 is 0. The van der Waals surface area contributed by atoms with Gasteiger partial charge in [-0.1, -0.05) is 26.0 Å². The zero-order valence-electron chi connectivity index (χ0n) is 12.4. The molecule has 0 saturated carbocycles. The zero-order valence-corrected chi connectivity index (χ0v) is 13.2. The lowest BCUT2D eigenvalue weighted by Gasteiger charge is -2.13. The van der Waals surface area contributed by atoms with Gasteiger partial charge in [0.2, 0.25) is 5.91 Å². The standard InChI is InChI=1S/C15H24N2O2S/c1-11(13-4-6-14(16)7-5-13)10-15(18)17-9-8-12(2)20(3)19/h4-7,11-12H,8-10,16H2,1-3H3,(H,17,18). The first-order chi connectivity index (χ1) is 9.40. The third-order valence-corrected chi connectivity index (χ3v) is 4.81. The summed E-state index contributed by atoms with van der Waals surface area (Å²) in [7, 11) is -0.831. The number of carbonyl (C=O) groups is 1. The van der Waals surface area contributed by atoms with Crippen LogP contribution in [0.4, 0.5) is 5.69 Å². The molecule has 1 rings (SSSR count). The average Bonchev–Trinajstić information content (AvgIpc) is 2.39. The fourth-order valence-electron chi connectivity index (χ4n) is 1.87. The van der Waals surface area contributed by atoms with Crippen molar-refractivity contribution in [2.24, 2.45) is 0 Å². The first-order valence-electron chi connectivity index (χ1n) is 6.84. The van der Waals surface area contributed by atoms with Crippen LogP contribution in [-0.2, 0) is 15.6 Å². The molecule has 4 nitrogen and oxygen atoms in total. The number of nitrogens with one attached hydrogen (secondary N) is 1. The van der Waals surface area contributed by atoms with E-state index in [2.05, 4.69) is 5.32 Å². The van der Waals surface area contributed by atoms with Gasteiger partial charge in [-0.05, 0) is 30.0 Å². The molecule has 0 bridgehead atoms. The van der Waals surface area contributed by atoms with Crippen molar-refractivity contribution in [2.45, 2.75) is 37.9 Å². The Labute approximate surface area is 123 Å². The van der Waals surface area contributed by atoms with Gasteiger partial charge in [-0.2, -0.15) is 0 Å². The Bertz CT molecular complexity index is 459. The summed E-state index contributed by atoms with van der Waals surface area (Å²) in [5.74, 6) is 0.191. The smallest absolute Gasteiger partial charge is 0.220 e. The Balaban J connectivity index is 2.35. The van der Waals surface area contributed by atoms with Gasteiger partial charge in [0, 0.05) is 41.0 Å². The summed E-state index contributed by atoms with van der Waals surface area (Å²) in [6.45, 7) is 4.53. The number of nitrogen functional groups attached to an aromatic ring is 1. The number of rotatable bonds is 7. The van der Waals surface area contributed by atoms with E-state index in [1.54, 1.807) is 6.26 Å². The highest BCUT2D eigenvalue weighted by Crippen LogP contribution is 2.19. The van der Waals surface area contributed by atoms with E-state index in [0.29, 0.717) is 13.0 Å². The van der Waals surface area contributed by atoms with Crippen LogP contribution in [0.15, 0.2) is 24.3 Å². The molecule has 0 aliphatic carbocycles. The van der Waals surface area contributed by atoms with Crippen molar-refractivity contribution in [2.75, 3.05) is 18.5 Å². The molecule has 3 atom stereocenters. The molecule has 1 aromatic carbocycles. The van der Waals surface area contributed by atoms with Crippen LogP contribution in [0.3, 0.4) is 0 Å². The second-order valence-electron chi connectivity index (χ2n) is 5.22. The molecule has 3 unspecified atom stereocenters. The van der Waals surface area contributed by atoms with Gasteiger partial charge < -0.3 is 11.1 Å². The van der Waals surface area contributed by atoms with Gasteiger partial charge in [0.25, 0.3) is 0 Å². The number of hydrogen-bond donors (Lipinski definition) is 2. The Kier molecular flexibility index (Phi) is 6.71. The molecule has 1 aromatic rings. The van der Waals surface area contributed by atoms with Gasteiger partial charge in [0.1, 0.15) is 0 Å². The maximum Gasteiger partial charge on any atom is 0.220 e. The molecular formula is C15H24N2O2S. The number of carbonyl (C=O) groups excluding carboxylic acids is 1. The number of amides is 1. The first kappa shape index (κ1) is 16.7. The van der Waals surface area contributed by atoms with E-state index < -0.39 is 10.8 Å². The average molecular weight is 296 g/mol. The number of benzene rings is 1. The van der Waals surface area contributed by atoms with E-state index in [4.69, 9.17) is 5.73 Å². The van der Waals surface area contributed by atoms with Crippen molar-refractivity contribution < 1.29 is 9.00 Å². The monoisotopic (exact) mass is 296 g/mol. The van der Waals surface area contributed by atoms with Gasteiger partial charge in [0.15, 0.2) is 0 Å². The molecule has 0 aliphatic rings. The van der Waals surface area contributed by atoms with Crippen LogP contribution >= 0.6 is 0 Å². The molecule has 20 heavy (non-hydrogen) atoms. The highest BCUT2D eigenvalue weighted by Gasteiger charge is 2.12. The molecule has 0 fully saturated rings. The van der Waals surface area contributed by atoms with E-state index in [-0.39, 0.29) is 17.1 Å². The van der Waals surface area contributed by atoms with Crippen LogP contribution in [0.5, 0.6) is 0 Å². The third-order valence-electron chi connectivity index (χ3n) is 3.44. The summed E-state index contributed by atoms with van der Waals surface area (Å²) in [4.78, 5) is 11.8. The molecule has 0 aliphatic heterocycles. The number of hydrogen-bond acceptors (Lipinski definition) is 3. The molecule has 0 aromatic heterocycles. The van der Waals surface area contributed by atoms with Crippen LogP contribution in [0.1, 0.15) is 38.2 Å². The molecule has 112 valence electrons. The van der Waals surface area contributed by atoms with Crippen molar-refractivity contribution in [3.05, 3.63) is 29.8 Å². The van der Waals surface area contributed by atoms with Crippen molar-refractivity contribution in [1.29, 1.82) is 0 Å². The molecule has 3 N–H and O–H groups in total. The lowest BCUT2D eigenvalue weighted by atomic mass is 9.97. The van der Waals surface area contributed by atoms with E-state index in [1.165, 1.54) is 0 Å². The van der Waals surface area contributed by atoms with Gasteiger partial charge in [0.05, 0.1) is 0 Å².